The Morgan fingerprint density at radius 3 is 2.47 bits per heavy atom. The summed E-state index contributed by atoms with van der Waals surface area (Å²) in [5.41, 5.74) is 9.71. The Balaban J connectivity index is 3.11. The van der Waals surface area contributed by atoms with Crippen molar-refractivity contribution < 1.29 is 0 Å². The summed E-state index contributed by atoms with van der Waals surface area (Å²) >= 11 is 0. The van der Waals surface area contributed by atoms with Crippen molar-refractivity contribution in [2.45, 2.75) is 39.5 Å². The van der Waals surface area contributed by atoms with Gasteiger partial charge in [0.25, 0.3) is 0 Å². The van der Waals surface area contributed by atoms with Crippen LogP contribution in [0.2, 0.25) is 0 Å². The number of hydrogen-bond donors (Lipinski definition) is 1. The largest absolute Gasteiger partial charge is 0.398 e. The molecular formula is C14H21N. The van der Waals surface area contributed by atoms with Crippen molar-refractivity contribution in [3.8, 4) is 0 Å². The Bertz CT molecular complexity index is 356. The monoisotopic (exact) mass is 203 g/mol. The van der Waals surface area contributed by atoms with Crippen LogP contribution in [0.15, 0.2) is 30.4 Å². The maximum Gasteiger partial charge on any atom is 0.0387 e. The van der Waals surface area contributed by atoms with E-state index >= 15 is 0 Å². The molecule has 0 amide bonds. The Kier molecular flexibility index (Phi) is 3.57. The van der Waals surface area contributed by atoms with E-state index in [1.54, 1.807) is 0 Å². The number of nitrogens with two attached hydrogens (primary N) is 1. The van der Waals surface area contributed by atoms with E-state index in [4.69, 9.17) is 5.73 Å². The first-order chi connectivity index (χ1) is 6.96. The summed E-state index contributed by atoms with van der Waals surface area (Å²) < 4.78 is 0. The number of nitrogen functional groups attached to an aromatic ring is 1. The number of anilines is 1. The smallest absolute Gasteiger partial charge is 0.0387 e. The van der Waals surface area contributed by atoms with Crippen molar-refractivity contribution in [1.29, 1.82) is 0 Å². The molecule has 1 heteroatoms. The van der Waals surface area contributed by atoms with Crippen molar-refractivity contribution in [3.63, 3.8) is 0 Å². The average molecular weight is 203 g/mol. The van der Waals surface area contributed by atoms with Crippen molar-refractivity contribution in [2.75, 3.05) is 5.73 Å². The first-order valence-electron chi connectivity index (χ1n) is 5.46. The van der Waals surface area contributed by atoms with Crippen LogP contribution in [0.4, 0.5) is 5.69 Å². The van der Waals surface area contributed by atoms with Gasteiger partial charge in [-0.3, -0.25) is 0 Å². The lowest BCUT2D eigenvalue weighted by Crippen LogP contribution is -2.14. The molecule has 0 radical (unpaired) electrons. The van der Waals surface area contributed by atoms with Crippen LogP contribution in [0.5, 0.6) is 0 Å². The van der Waals surface area contributed by atoms with Gasteiger partial charge >= 0.3 is 0 Å². The van der Waals surface area contributed by atoms with Gasteiger partial charge in [0.2, 0.25) is 0 Å². The summed E-state index contributed by atoms with van der Waals surface area (Å²) in [7, 11) is 0. The fraction of sp³-hybridized carbons (Fsp3) is 0.429. The van der Waals surface area contributed by atoms with Crippen LogP contribution in [0.3, 0.4) is 0 Å². The SMILES string of the molecule is CC=CCc1cccc(C(C)(C)C)c1N. The van der Waals surface area contributed by atoms with E-state index in [1.807, 2.05) is 6.92 Å². The summed E-state index contributed by atoms with van der Waals surface area (Å²) in [5, 5.41) is 0. The van der Waals surface area contributed by atoms with Crippen LogP contribution >= 0.6 is 0 Å². The average Bonchev–Trinajstić information content (AvgIpc) is 2.14. The number of rotatable bonds is 2. The number of hydrogen-bond acceptors (Lipinski definition) is 1. The van der Waals surface area contributed by atoms with E-state index < -0.39 is 0 Å². The van der Waals surface area contributed by atoms with E-state index in [1.165, 1.54) is 11.1 Å². The molecule has 0 bridgehead atoms. The molecule has 1 nitrogen and oxygen atoms in total. The third-order valence-corrected chi connectivity index (χ3v) is 2.58. The van der Waals surface area contributed by atoms with Gasteiger partial charge in [-0.15, -0.1) is 0 Å². The summed E-state index contributed by atoms with van der Waals surface area (Å²) in [6, 6.07) is 6.31. The predicted octanol–water partition coefficient (Wildman–Crippen LogP) is 3.68. The molecule has 0 unspecified atom stereocenters. The molecule has 0 saturated heterocycles. The van der Waals surface area contributed by atoms with Crippen molar-refractivity contribution in [1.82, 2.24) is 0 Å². The number of allylic oxidation sites excluding steroid dienone is 2. The maximum atomic E-state index is 6.18. The molecule has 1 aromatic rings. The molecule has 0 heterocycles. The van der Waals surface area contributed by atoms with Crippen LogP contribution in [0.25, 0.3) is 0 Å². The molecule has 0 aliphatic carbocycles. The first-order valence-corrected chi connectivity index (χ1v) is 5.46. The lowest BCUT2D eigenvalue weighted by atomic mass is 9.84. The molecular weight excluding hydrogens is 182 g/mol. The zero-order chi connectivity index (χ0) is 11.5. The molecule has 1 aromatic carbocycles. The van der Waals surface area contributed by atoms with Gasteiger partial charge in [0.15, 0.2) is 0 Å². The Hall–Kier alpha value is -1.24. The van der Waals surface area contributed by atoms with Gasteiger partial charge < -0.3 is 5.73 Å². The molecule has 0 atom stereocenters. The van der Waals surface area contributed by atoms with Crippen LogP contribution in [0.1, 0.15) is 38.8 Å². The zero-order valence-corrected chi connectivity index (χ0v) is 10.2. The fourth-order valence-electron chi connectivity index (χ4n) is 1.69. The second-order valence-corrected chi connectivity index (χ2v) is 4.90. The molecule has 0 saturated carbocycles. The second-order valence-electron chi connectivity index (χ2n) is 4.90. The standard InChI is InChI=1S/C14H21N/c1-5-6-8-11-9-7-10-12(13(11)15)14(2,3)4/h5-7,9-10H,8,15H2,1-4H3. The van der Waals surface area contributed by atoms with Crippen molar-refractivity contribution in [3.05, 3.63) is 41.5 Å². The van der Waals surface area contributed by atoms with Crippen molar-refractivity contribution >= 4 is 5.69 Å². The Labute approximate surface area is 93.0 Å². The lowest BCUT2D eigenvalue weighted by Gasteiger charge is -2.22. The molecule has 0 spiro atoms. The minimum Gasteiger partial charge on any atom is -0.398 e. The summed E-state index contributed by atoms with van der Waals surface area (Å²) in [4.78, 5) is 0. The molecule has 82 valence electrons. The molecule has 0 fully saturated rings. The maximum absolute atomic E-state index is 6.18. The van der Waals surface area contributed by atoms with E-state index in [9.17, 15) is 0 Å². The minimum absolute atomic E-state index is 0.121. The van der Waals surface area contributed by atoms with E-state index in [0.717, 1.165) is 12.1 Å². The van der Waals surface area contributed by atoms with Gasteiger partial charge in [0.1, 0.15) is 0 Å². The zero-order valence-electron chi connectivity index (χ0n) is 10.2. The number of benzene rings is 1. The topological polar surface area (TPSA) is 26.0 Å². The highest BCUT2D eigenvalue weighted by atomic mass is 14.6. The highest BCUT2D eigenvalue weighted by Crippen LogP contribution is 2.30. The van der Waals surface area contributed by atoms with Crippen LogP contribution in [-0.4, -0.2) is 0 Å². The normalized spacial score (nSPS) is 12.3. The van der Waals surface area contributed by atoms with Gasteiger partial charge in [0.05, 0.1) is 0 Å². The Morgan fingerprint density at radius 1 is 1.27 bits per heavy atom. The molecule has 0 aromatic heterocycles. The quantitative estimate of drug-likeness (QED) is 0.576. The summed E-state index contributed by atoms with van der Waals surface area (Å²) in [6.45, 7) is 8.61. The van der Waals surface area contributed by atoms with E-state index in [-0.39, 0.29) is 5.41 Å². The highest BCUT2D eigenvalue weighted by molar-refractivity contribution is 5.57. The summed E-state index contributed by atoms with van der Waals surface area (Å²) in [5.74, 6) is 0. The third-order valence-electron chi connectivity index (χ3n) is 2.58. The van der Waals surface area contributed by atoms with Crippen LogP contribution < -0.4 is 5.73 Å². The second kappa shape index (κ2) is 4.52. The molecule has 2 N–H and O–H groups in total. The third kappa shape index (κ3) is 2.85. The summed E-state index contributed by atoms with van der Waals surface area (Å²) in [6.07, 6.45) is 5.12. The van der Waals surface area contributed by atoms with Crippen LogP contribution in [0, 0.1) is 0 Å². The molecule has 0 aliphatic heterocycles. The molecule has 0 aliphatic rings. The minimum atomic E-state index is 0.121. The number of para-hydroxylation sites is 1. The first kappa shape index (κ1) is 11.8. The van der Waals surface area contributed by atoms with Gasteiger partial charge in [-0.05, 0) is 29.9 Å². The molecule has 1 rings (SSSR count). The Morgan fingerprint density at radius 2 is 1.93 bits per heavy atom. The lowest BCUT2D eigenvalue weighted by molar-refractivity contribution is 0.592. The van der Waals surface area contributed by atoms with Gasteiger partial charge in [-0.1, -0.05) is 51.1 Å². The molecule has 15 heavy (non-hydrogen) atoms. The predicted molar refractivity (Wildman–Crippen MR) is 68.1 cm³/mol. The van der Waals surface area contributed by atoms with Gasteiger partial charge in [-0.25, -0.2) is 0 Å². The highest BCUT2D eigenvalue weighted by Gasteiger charge is 2.17. The fourth-order valence-corrected chi connectivity index (χ4v) is 1.69. The van der Waals surface area contributed by atoms with Gasteiger partial charge in [-0.2, -0.15) is 0 Å². The van der Waals surface area contributed by atoms with E-state index in [0.29, 0.717) is 0 Å². The van der Waals surface area contributed by atoms with Crippen molar-refractivity contribution in [2.24, 2.45) is 0 Å². The van der Waals surface area contributed by atoms with Crippen LogP contribution in [-0.2, 0) is 11.8 Å². The van der Waals surface area contributed by atoms with Gasteiger partial charge in [0, 0.05) is 5.69 Å². The van der Waals surface area contributed by atoms with E-state index in [2.05, 4.69) is 51.1 Å².